The van der Waals surface area contributed by atoms with Crippen LogP contribution in [0.4, 0.5) is 0 Å². The van der Waals surface area contributed by atoms with Crippen molar-refractivity contribution in [3.05, 3.63) is 0 Å². The van der Waals surface area contributed by atoms with Crippen LogP contribution in [-0.2, 0) is 4.74 Å². The van der Waals surface area contributed by atoms with Crippen molar-refractivity contribution < 1.29 is 9.84 Å². The van der Waals surface area contributed by atoms with Crippen molar-refractivity contribution in [2.75, 3.05) is 0 Å². The lowest BCUT2D eigenvalue weighted by Gasteiger charge is -2.31. The number of hydrogen-bond donors (Lipinski definition) is 1. The molecule has 0 aliphatic heterocycles. The van der Waals surface area contributed by atoms with Crippen LogP contribution in [0.2, 0.25) is 0 Å². The summed E-state index contributed by atoms with van der Waals surface area (Å²) in [5.41, 5.74) is 0. The lowest BCUT2D eigenvalue weighted by molar-refractivity contribution is -0.0677. The molecule has 2 unspecified atom stereocenters. The molecule has 0 heterocycles. The van der Waals surface area contributed by atoms with Crippen LogP contribution in [0.3, 0.4) is 0 Å². The van der Waals surface area contributed by atoms with Crippen LogP contribution < -0.4 is 0 Å². The Labute approximate surface area is 86.6 Å². The molecule has 1 N–H and O–H groups in total. The first-order valence-electron chi connectivity index (χ1n) is 6.18. The maximum atomic E-state index is 9.53. The summed E-state index contributed by atoms with van der Waals surface area (Å²) in [6.45, 7) is 0. The largest absolute Gasteiger partial charge is 0.393 e. The van der Waals surface area contributed by atoms with Gasteiger partial charge in [-0.3, -0.25) is 0 Å². The Hall–Kier alpha value is -0.0800. The quantitative estimate of drug-likeness (QED) is 0.739. The number of ether oxygens (including phenoxy) is 1. The third kappa shape index (κ3) is 2.96. The van der Waals surface area contributed by atoms with Crippen molar-refractivity contribution in [2.45, 2.75) is 76.1 Å². The van der Waals surface area contributed by atoms with E-state index in [-0.39, 0.29) is 6.10 Å². The molecular formula is C12H22O2. The van der Waals surface area contributed by atoms with E-state index >= 15 is 0 Å². The SMILES string of the molecule is OC1CCCC(OC2CCCCC2)C1. The molecule has 2 nitrogen and oxygen atoms in total. The minimum absolute atomic E-state index is 0.0997. The minimum atomic E-state index is -0.0997. The van der Waals surface area contributed by atoms with Crippen LogP contribution in [0.15, 0.2) is 0 Å². The van der Waals surface area contributed by atoms with Gasteiger partial charge in [0.2, 0.25) is 0 Å². The van der Waals surface area contributed by atoms with Gasteiger partial charge in [0, 0.05) is 0 Å². The number of rotatable bonds is 2. The molecule has 0 aromatic rings. The van der Waals surface area contributed by atoms with Crippen molar-refractivity contribution in [1.82, 2.24) is 0 Å². The zero-order valence-electron chi connectivity index (χ0n) is 8.95. The highest BCUT2D eigenvalue weighted by Gasteiger charge is 2.24. The summed E-state index contributed by atoms with van der Waals surface area (Å²) >= 11 is 0. The van der Waals surface area contributed by atoms with E-state index in [2.05, 4.69) is 0 Å². The maximum absolute atomic E-state index is 9.53. The second-order valence-corrected chi connectivity index (χ2v) is 4.84. The molecule has 2 aliphatic carbocycles. The van der Waals surface area contributed by atoms with Crippen molar-refractivity contribution in [3.63, 3.8) is 0 Å². The molecular weight excluding hydrogens is 176 g/mol. The highest BCUT2D eigenvalue weighted by Crippen LogP contribution is 2.27. The third-order valence-electron chi connectivity index (χ3n) is 3.54. The normalized spacial score (nSPS) is 35.8. The van der Waals surface area contributed by atoms with E-state index in [1.165, 1.54) is 32.1 Å². The van der Waals surface area contributed by atoms with E-state index in [0.717, 1.165) is 25.7 Å². The number of hydrogen-bond acceptors (Lipinski definition) is 2. The number of aliphatic hydroxyl groups is 1. The summed E-state index contributed by atoms with van der Waals surface area (Å²) < 4.78 is 6.04. The molecule has 2 rings (SSSR count). The maximum Gasteiger partial charge on any atom is 0.0603 e. The Kier molecular flexibility index (Phi) is 3.82. The fourth-order valence-electron chi connectivity index (χ4n) is 2.72. The molecule has 0 bridgehead atoms. The average Bonchev–Trinajstić information content (AvgIpc) is 2.19. The van der Waals surface area contributed by atoms with E-state index in [0.29, 0.717) is 12.2 Å². The van der Waals surface area contributed by atoms with Gasteiger partial charge in [-0.05, 0) is 38.5 Å². The topological polar surface area (TPSA) is 29.5 Å². The van der Waals surface area contributed by atoms with Crippen LogP contribution in [0.5, 0.6) is 0 Å². The van der Waals surface area contributed by atoms with Crippen LogP contribution >= 0.6 is 0 Å². The van der Waals surface area contributed by atoms with E-state index in [9.17, 15) is 5.11 Å². The predicted octanol–water partition coefficient (Wildman–Crippen LogP) is 2.64. The zero-order valence-corrected chi connectivity index (χ0v) is 8.95. The fourth-order valence-corrected chi connectivity index (χ4v) is 2.72. The Morgan fingerprint density at radius 1 is 0.786 bits per heavy atom. The molecule has 2 saturated carbocycles. The minimum Gasteiger partial charge on any atom is -0.393 e. The van der Waals surface area contributed by atoms with E-state index in [1.54, 1.807) is 0 Å². The molecule has 0 aromatic heterocycles. The highest BCUT2D eigenvalue weighted by molar-refractivity contribution is 4.75. The van der Waals surface area contributed by atoms with Gasteiger partial charge in [-0.15, -0.1) is 0 Å². The van der Waals surface area contributed by atoms with E-state index in [4.69, 9.17) is 4.74 Å². The molecule has 2 fully saturated rings. The van der Waals surface area contributed by atoms with Crippen molar-refractivity contribution in [1.29, 1.82) is 0 Å². The molecule has 2 heteroatoms. The Balaban J connectivity index is 1.72. The van der Waals surface area contributed by atoms with Crippen LogP contribution in [0.1, 0.15) is 57.8 Å². The molecule has 0 spiro atoms. The van der Waals surface area contributed by atoms with Gasteiger partial charge in [-0.25, -0.2) is 0 Å². The Morgan fingerprint density at radius 2 is 1.50 bits per heavy atom. The first kappa shape index (κ1) is 10.4. The predicted molar refractivity (Wildman–Crippen MR) is 56.2 cm³/mol. The molecule has 2 aliphatic rings. The molecule has 0 aromatic carbocycles. The van der Waals surface area contributed by atoms with Gasteiger partial charge in [-0.1, -0.05) is 19.3 Å². The van der Waals surface area contributed by atoms with Gasteiger partial charge in [0.05, 0.1) is 18.3 Å². The highest BCUT2D eigenvalue weighted by atomic mass is 16.5. The molecule has 0 radical (unpaired) electrons. The van der Waals surface area contributed by atoms with E-state index in [1.807, 2.05) is 0 Å². The Morgan fingerprint density at radius 3 is 2.21 bits per heavy atom. The second kappa shape index (κ2) is 5.13. The fraction of sp³-hybridized carbons (Fsp3) is 1.00. The summed E-state index contributed by atoms with van der Waals surface area (Å²) in [5, 5.41) is 9.53. The van der Waals surface area contributed by atoms with Crippen LogP contribution in [-0.4, -0.2) is 23.4 Å². The van der Waals surface area contributed by atoms with Crippen molar-refractivity contribution in [3.8, 4) is 0 Å². The summed E-state index contributed by atoms with van der Waals surface area (Å²) in [6.07, 6.45) is 11.4. The lowest BCUT2D eigenvalue weighted by atomic mass is 9.93. The number of aliphatic hydroxyl groups excluding tert-OH is 1. The zero-order chi connectivity index (χ0) is 9.80. The van der Waals surface area contributed by atoms with Gasteiger partial charge in [0.25, 0.3) is 0 Å². The van der Waals surface area contributed by atoms with Crippen LogP contribution in [0.25, 0.3) is 0 Å². The summed E-state index contributed by atoms with van der Waals surface area (Å²) in [4.78, 5) is 0. The van der Waals surface area contributed by atoms with Gasteiger partial charge in [0.1, 0.15) is 0 Å². The van der Waals surface area contributed by atoms with Gasteiger partial charge >= 0.3 is 0 Å². The van der Waals surface area contributed by atoms with Gasteiger partial charge < -0.3 is 9.84 Å². The van der Waals surface area contributed by atoms with Gasteiger partial charge in [0.15, 0.2) is 0 Å². The van der Waals surface area contributed by atoms with Crippen molar-refractivity contribution >= 4 is 0 Å². The summed E-state index contributed by atoms with van der Waals surface area (Å²) in [7, 11) is 0. The second-order valence-electron chi connectivity index (χ2n) is 4.84. The molecule has 0 saturated heterocycles. The van der Waals surface area contributed by atoms with Crippen molar-refractivity contribution in [2.24, 2.45) is 0 Å². The van der Waals surface area contributed by atoms with Crippen LogP contribution in [0, 0.1) is 0 Å². The standard InChI is InChI=1S/C12H22O2/c13-10-5-4-8-12(9-10)14-11-6-2-1-3-7-11/h10-13H,1-9H2. The van der Waals surface area contributed by atoms with Gasteiger partial charge in [-0.2, -0.15) is 0 Å². The first-order valence-corrected chi connectivity index (χ1v) is 6.18. The summed E-state index contributed by atoms with van der Waals surface area (Å²) in [5.74, 6) is 0. The molecule has 0 amide bonds. The lowest BCUT2D eigenvalue weighted by Crippen LogP contribution is -2.30. The molecule has 14 heavy (non-hydrogen) atoms. The van der Waals surface area contributed by atoms with E-state index < -0.39 is 0 Å². The Bertz CT molecular complexity index is 164. The third-order valence-corrected chi connectivity index (χ3v) is 3.54. The molecule has 2 atom stereocenters. The smallest absolute Gasteiger partial charge is 0.0603 e. The monoisotopic (exact) mass is 198 g/mol. The molecule has 82 valence electrons. The average molecular weight is 198 g/mol. The summed E-state index contributed by atoms with van der Waals surface area (Å²) in [6, 6.07) is 0. The first-order chi connectivity index (χ1) is 6.84.